The van der Waals surface area contributed by atoms with Crippen LogP contribution in [0.5, 0.6) is 11.5 Å². The number of hydrogen-bond acceptors (Lipinski definition) is 4. The van der Waals surface area contributed by atoms with Gasteiger partial charge < -0.3 is 15.2 Å². The molecule has 0 aromatic heterocycles. The number of ether oxygens (including phenoxy) is 2. The van der Waals surface area contributed by atoms with Gasteiger partial charge in [0.2, 0.25) is 0 Å². The van der Waals surface area contributed by atoms with E-state index >= 15 is 0 Å². The number of nitrogen functional groups attached to an aromatic ring is 1. The van der Waals surface area contributed by atoms with Gasteiger partial charge >= 0.3 is 0 Å². The van der Waals surface area contributed by atoms with Crippen LogP contribution in [0.1, 0.15) is 83.4 Å². The third kappa shape index (κ3) is 7.74. The van der Waals surface area contributed by atoms with Crippen molar-refractivity contribution in [2.75, 3.05) is 18.1 Å². The van der Waals surface area contributed by atoms with Crippen molar-refractivity contribution in [3.63, 3.8) is 0 Å². The number of rotatable bonds is 10. The van der Waals surface area contributed by atoms with Crippen LogP contribution in [0.4, 0.5) is 5.69 Å². The van der Waals surface area contributed by atoms with E-state index in [1.165, 1.54) is 34.4 Å². The van der Waals surface area contributed by atoms with Gasteiger partial charge in [-0.2, -0.15) is 0 Å². The molecule has 4 rings (SSSR count). The summed E-state index contributed by atoms with van der Waals surface area (Å²) in [5.41, 5.74) is 12.7. The van der Waals surface area contributed by atoms with Crippen LogP contribution in [0.3, 0.4) is 0 Å². The van der Waals surface area contributed by atoms with Gasteiger partial charge in [-0.3, -0.25) is 0 Å². The van der Waals surface area contributed by atoms with Crippen molar-refractivity contribution < 1.29 is 9.47 Å². The second kappa shape index (κ2) is 15.1. The van der Waals surface area contributed by atoms with Crippen molar-refractivity contribution in [1.29, 1.82) is 0 Å². The molecule has 3 aromatic carbocycles. The molecule has 0 spiro atoms. The van der Waals surface area contributed by atoms with Gasteiger partial charge in [-0.25, -0.2) is 0 Å². The van der Waals surface area contributed by atoms with E-state index in [2.05, 4.69) is 70.2 Å². The van der Waals surface area contributed by atoms with Gasteiger partial charge in [-0.15, -0.1) is 11.8 Å². The quantitative estimate of drug-likeness (QED) is 0.254. The number of unbranched alkanes of at least 4 members (excludes halogenated alkanes) is 1. The van der Waals surface area contributed by atoms with Crippen molar-refractivity contribution in [2.45, 2.75) is 77.7 Å². The maximum atomic E-state index is 6.31. The van der Waals surface area contributed by atoms with Gasteiger partial charge in [0.25, 0.3) is 0 Å². The van der Waals surface area contributed by atoms with Crippen LogP contribution in [0.2, 0.25) is 5.02 Å². The smallest absolute Gasteiger partial charge is 0.128 e. The van der Waals surface area contributed by atoms with Crippen LogP contribution in [-0.4, -0.2) is 18.5 Å². The summed E-state index contributed by atoms with van der Waals surface area (Å²) in [5.74, 6) is 2.54. The minimum Gasteiger partial charge on any atom is -0.493 e. The maximum Gasteiger partial charge on any atom is 0.128 e. The van der Waals surface area contributed by atoms with E-state index in [1.807, 2.05) is 25.1 Å². The molecule has 0 fully saturated rings. The molecule has 5 heteroatoms. The zero-order valence-electron chi connectivity index (χ0n) is 23.5. The molecule has 38 heavy (non-hydrogen) atoms. The summed E-state index contributed by atoms with van der Waals surface area (Å²) in [6, 6.07) is 20.6. The van der Waals surface area contributed by atoms with E-state index in [9.17, 15) is 0 Å². The van der Waals surface area contributed by atoms with Gasteiger partial charge in [-0.05, 0) is 84.5 Å². The number of halogens is 1. The number of anilines is 1. The fourth-order valence-corrected chi connectivity index (χ4v) is 5.68. The predicted octanol–water partition coefficient (Wildman–Crippen LogP) is 10.1. The highest BCUT2D eigenvalue weighted by atomic mass is 35.5. The molecular weight excluding hydrogens is 510 g/mol. The summed E-state index contributed by atoms with van der Waals surface area (Å²) in [6.45, 7) is 11.3. The lowest BCUT2D eigenvalue weighted by Gasteiger charge is -2.26. The van der Waals surface area contributed by atoms with Crippen molar-refractivity contribution in [3.8, 4) is 11.5 Å². The average Bonchev–Trinajstić information content (AvgIpc) is 2.93. The highest BCUT2D eigenvalue weighted by Crippen LogP contribution is 2.47. The molecule has 2 N–H and O–H groups in total. The van der Waals surface area contributed by atoms with Crippen LogP contribution in [0.25, 0.3) is 11.1 Å². The normalized spacial score (nSPS) is 13.3. The van der Waals surface area contributed by atoms with Gasteiger partial charge in [0.05, 0.1) is 12.7 Å². The summed E-state index contributed by atoms with van der Waals surface area (Å²) in [5, 5.41) is 0.671. The van der Waals surface area contributed by atoms with Crippen molar-refractivity contribution >= 4 is 40.2 Å². The van der Waals surface area contributed by atoms with E-state index in [0.29, 0.717) is 11.6 Å². The maximum absolute atomic E-state index is 6.31. The molecule has 1 aliphatic rings. The molecule has 0 aliphatic carbocycles. The Bertz CT molecular complexity index is 1200. The fourth-order valence-electron chi connectivity index (χ4n) is 4.37. The Kier molecular flexibility index (Phi) is 11.9. The van der Waals surface area contributed by atoms with Crippen LogP contribution < -0.4 is 15.2 Å². The summed E-state index contributed by atoms with van der Waals surface area (Å²) >= 11 is 8.11. The molecule has 0 saturated carbocycles. The average molecular weight is 552 g/mol. The molecule has 204 valence electrons. The van der Waals surface area contributed by atoms with Gasteiger partial charge in [-0.1, -0.05) is 76.8 Å². The molecule has 0 saturated heterocycles. The zero-order valence-corrected chi connectivity index (χ0v) is 25.1. The number of nitrogens with two attached hydrogens (primary N) is 1. The molecule has 1 atom stereocenters. The molecule has 1 unspecified atom stereocenters. The molecule has 1 heterocycles. The van der Waals surface area contributed by atoms with Gasteiger partial charge in [0, 0.05) is 26.9 Å². The number of hydrogen-bond donors (Lipinski definition) is 1. The lowest BCUT2D eigenvalue weighted by atomic mass is 9.89. The van der Waals surface area contributed by atoms with Crippen molar-refractivity contribution in [2.24, 2.45) is 0 Å². The topological polar surface area (TPSA) is 44.5 Å². The Hall–Kier alpha value is -2.56. The van der Waals surface area contributed by atoms with E-state index in [0.717, 1.165) is 53.3 Å². The largest absolute Gasteiger partial charge is 0.493 e. The Balaban J connectivity index is 0.000000934. The Morgan fingerprint density at radius 2 is 1.58 bits per heavy atom. The first-order chi connectivity index (χ1) is 18.4. The molecule has 0 amide bonds. The van der Waals surface area contributed by atoms with Crippen LogP contribution in [0.15, 0.2) is 65.6 Å². The molecule has 3 nitrogen and oxygen atoms in total. The van der Waals surface area contributed by atoms with E-state index in [4.69, 9.17) is 26.8 Å². The Morgan fingerprint density at radius 3 is 2.21 bits per heavy atom. The standard InChI is InChI=1S/C29H32ClNO2S.C4H10/c1-4-7-22(5-2)33-23-12-8-19(9-13-23)29-25-15-11-21(31)17-28(25)34-18-26(29)24-14-10-20(30)16-27(24)32-6-3;1-3-4-2/h8-17,22H,4-7,18,31H2,1-3H3;3-4H2,1-2H3. The van der Waals surface area contributed by atoms with Gasteiger partial charge in [0.1, 0.15) is 11.5 Å². The number of fused-ring (bicyclic) bond motifs is 1. The Labute approximate surface area is 238 Å². The third-order valence-electron chi connectivity index (χ3n) is 6.53. The van der Waals surface area contributed by atoms with Crippen molar-refractivity contribution in [3.05, 3.63) is 82.4 Å². The minimum atomic E-state index is 0.253. The zero-order chi connectivity index (χ0) is 27.5. The number of thioether (sulfide) groups is 1. The highest BCUT2D eigenvalue weighted by Gasteiger charge is 2.24. The second-order valence-electron chi connectivity index (χ2n) is 9.43. The lowest BCUT2D eigenvalue weighted by Crippen LogP contribution is -2.14. The minimum absolute atomic E-state index is 0.253. The molecule has 0 radical (unpaired) electrons. The molecule has 0 bridgehead atoms. The predicted molar refractivity (Wildman–Crippen MR) is 167 cm³/mol. The highest BCUT2D eigenvalue weighted by molar-refractivity contribution is 7.99. The first-order valence-electron chi connectivity index (χ1n) is 13.9. The Morgan fingerprint density at radius 1 is 0.868 bits per heavy atom. The second-order valence-corrected chi connectivity index (χ2v) is 10.9. The summed E-state index contributed by atoms with van der Waals surface area (Å²) in [7, 11) is 0. The van der Waals surface area contributed by atoms with Crippen LogP contribution in [-0.2, 0) is 0 Å². The van der Waals surface area contributed by atoms with E-state index < -0.39 is 0 Å². The van der Waals surface area contributed by atoms with Gasteiger partial charge in [0.15, 0.2) is 0 Å². The number of benzene rings is 3. The first kappa shape index (κ1) is 30.0. The molecule has 3 aromatic rings. The fraction of sp³-hybridized carbons (Fsp3) is 0.394. The summed E-state index contributed by atoms with van der Waals surface area (Å²) in [4.78, 5) is 1.19. The third-order valence-corrected chi connectivity index (χ3v) is 7.85. The van der Waals surface area contributed by atoms with E-state index in [-0.39, 0.29) is 6.10 Å². The molecule has 1 aliphatic heterocycles. The SMILES string of the molecule is CCCC.CCCC(CC)Oc1ccc(C2=C(c3ccc(Cl)cc3OCC)CSc3cc(N)ccc32)cc1. The van der Waals surface area contributed by atoms with Crippen molar-refractivity contribution in [1.82, 2.24) is 0 Å². The lowest BCUT2D eigenvalue weighted by molar-refractivity contribution is 0.186. The monoisotopic (exact) mass is 551 g/mol. The summed E-state index contributed by atoms with van der Waals surface area (Å²) < 4.78 is 12.2. The van der Waals surface area contributed by atoms with E-state index in [1.54, 1.807) is 11.8 Å². The first-order valence-corrected chi connectivity index (χ1v) is 15.3. The summed E-state index contributed by atoms with van der Waals surface area (Å²) in [6.07, 6.45) is 6.08. The van der Waals surface area contributed by atoms with Crippen LogP contribution in [0, 0.1) is 0 Å². The molecular formula is C33H42ClNO2S. The van der Waals surface area contributed by atoms with Crippen LogP contribution >= 0.6 is 23.4 Å².